The predicted octanol–water partition coefficient (Wildman–Crippen LogP) is 2.73. The molecule has 35 heavy (non-hydrogen) atoms. The average molecular weight is 523 g/mol. The maximum Gasteiger partial charge on any atom is 0.286 e. The smallest absolute Gasteiger partial charge is 0.286 e. The van der Waals surface area contributed by atoms with Crippen molar-refractivity contribution in [1.82, 2.24) is 4.90 Å². The van der Waals surface area contributed by atoms with Gasteiger partial charge in [-0.2, -0.15) is 8.42 Å². The van der Waals surface area contributed by atoms with Crippen molar-refractivity contribution in [2.24, 2.45) is 4.40 Å². The number of amides is 1. The molecule has 0 spiro atoms. The largest absolute Gasteiger partial charge is 0.511 e. The number of benzene rings is 2. The Morgan fingerprint density at radius 3 is 2.54 bits per heavy atom. The van der Waals surface area contributed by atoms with E-state index < -0.39 is 31.8 Å². The predicted molar refractivity (Wildman–Crippen MR) is 128 cm³/mol. The molecule has 0 saturated heterocycles. The molecule has 0 bridgehead atoms. The first-order chi connectivity index (χ1) is 16.4. The molecule has 1 amide bonds. The first-order valence-corrected chi connectivity index (χ1v) is 13.9. The van der Waals surface area contributed by atoms with E-state index >= 15 is 0 Å². The Bertz CT molecular complexity index is 1470. The van der Waals surface area contributed by atoms with Crippen LogP contribution in [0.1, 0.15) is 25.3 Å². The van der Waals surface area contributed by atoms with Crippen LogP contribution in [0.25, 0.3) is 0 Å². The standard InChI is InChI=1S/C22H23FN4O6S2/c1-3-16-11-18(28)20(22(29)27(16)12-13-4-6-14(23)7-5-13)21-24-17-9-8-15(25-34(2,30)31)10-19(17)35(32,33)26-21/h4-10,16,25,28H,3,11-12H2,1-2H3,(H,24,26)/t16-/m1/s1. The molecule has 2 aromatic carbocycles. The quantitative estimate of drug-likeness (QED) is 0.529. The van der Waals surface area contributed by atoms with Crippen LogP contribution < -0.4 is 10.0 Å². The molecule has 2 aliphatic heterocycles. The first-order valence-electron chi connectivity index (χ1n) is 10.6. The van der Waals surface area contributed by atoms with Crippen molar-refractivity contribution in [1.29, 1.82) is 0 Å². The van der Waals surface area contributed by atoms with E-state index in [0.29, 0.717) is 12.0 Å². The number of nitrogens with one attached hydrogen (secondary N) is 2. The minimum atomic E-state index is -4.33. The zero-order chi connectivity index (χ0) is 25.5. The van der Waals surface area contributed by atoms with Gasteiger partial charge in [-0.1, -0.05) is 19.1 Å². The molecule has 1 atom stereocenters. The number of hydrogen-bond acceptors (Lipinski definition) is 7. The number of aliphatic hydroxyl groups is 1. The molecule has 0 saturated carbocycles. The summed E-state index contributed by atoms with van der Waals surface area (Å²) in [5.74, 6) is -1.66. The van der Waals surface area contributed by atoms with Gasteiger partial charge < -0.3 is 15.3 Å². The van der Waals surface area contributed by atoms with E-state index in [1.54, 1.807) is 12.1 Å². The Balaban J connectivity index is 1.70. The van der Waals surface area contributed by atoms with Crippen LogP contribution in [0.15, 0.2) is 63.1 Å². The van der Waals surface area contributed by atoms with Crippen LogP contribution >= 0.6 is 0 Å². The zero-order valence-corrected chi connectivity index (χ0v) is 20.5. The van der Waals surface area contributed by atoms with E-state index in [0.717, 1.165) is 12.3 Å². The van der Waals surface area contributed by atoms with Crippen molar-refractivity contribution < 1.29 is 31.1 Å². The van der Waals surface area contributed by atoms with Gasteiger partial charge in [0.15, 0.2) is 5.84 Å². The van der Waals surface area contributed by atoms with Crippen molar-refractivity contribution in [2.75, 3.05) is 16.3 Å². The van der Waals surface area contributed by atoms with E-state index in [1.165, 1.54) is 29.2 Å². The maximum atomic E-state index is 13.5. The van der Waals surface area contributed by atoms with Crippen LogP contribution in [-0.2, 0) is 31.4 Å². The van der Waals surface area contributed by atoms with E-state index in [1.807, 2.05) is 6.92 Å². The first kappa shape index (κ1) is 24.7. The summed E-state index contributed by atoms with van der Waals surface area (Å²) in [7, 11) is -7.97. The van der Waals surface area contributed by atoms with Crippen LogP contribution in [0, 0.1) is 5.82 Å². The lowest BCUT2D eigenvalue weighted by Crippen LogP contribution is -2.47. The second-order valence-corrected chi connectivity index (χ2v) is 11.6. The van der Waals surface area contributed by atoms with Crippen LogP contribution in [0.2, 0.25) is 0 Å². The molecule has 0 fully saturated rings. The molecule has 10 nitrogen and oxygen atoms in total. The van der Waals surface area contributed by atoms with Gasteiger partial charge in [0, 0.05) is 24.7 Å². The fourth-order valence-corrected chi connectivity index (χ4v) is 5.71. The summed E-state index contributed by atoms with van der Waals surface area (Å²) in [5.41, 5.74) is 0.498. The molecule has 2 heterocycles. The zero-order valence-electron chi connectivity index (χ0n) is 18.8. The number of amidine groups is 1. The fourth-order valence-electron chi connectivity index (χ4n) is 4.00. The van der Waals surface area contributed by atoms with Gasteiger partial charge in [-0.15, -0.1) is 4.40 Å². The van der Waals surface area contributed by atoms with Crippen LogP contribution in [0.5, 0.6) is 0 Å². The fraction of sp³-hybridized carbons (Fsp3) is 0.273. The number of anilines is 2. The number of aliphatic hydroxyl groups excluding tert-OH is 1. The van der Waals surface area contributed by atoms with Crippen LogP contribution in [0.4, 0.5) is 15.8 Å². The molecule has 2 aliphatic rings. The van der Waals surface area contributed by atoms with E-state index in [2.05, 4.69) is 14.4 Å². The van der Waals surface area contributed by atoms with Gasteiger partial charge in [-0.3, -0.25) is 9.52 Å². The summed E-state index contributed by atoms with van der Waals surface area (Å²) in [6.45, 7) is 1.98. The lowest BCUT2D eigenvalue weighted by molar-refractivity contribution is -0.131. The van der Waals surface area contributed by atoms with Crippen molar-refractivity contribution in [3.8, 4) is 0 Å². The van der Waals surface area contributed by atoms with Gasteiger partial charge >= 0.3 is 0 Å². The summed E-state index contributed by atoms with van der Waals surface area (Å²) < 4.78 is 68.0. The molecule has 0 radical (unpaired) electrons. The summed E-state index contributed by atoms with van der Waals surface area (Å²) in [6, 6.07) is 9.11. The van der Waals surface area contributed by atoms with Crippen molar-refractivity contribution >= 4 is 43.2 Å². The summed E-state index contributed by atoms with van der Waals surface area (Å²) in [6.07, 6.45) is 1.55. The van der Waals surface area contributed by atoms with Gasteiger partial charge in [0.25, 0.3) is 15.9 Å². The number of hydrogen-bond donors (Lipinski definition) is 3. The topological polar surface area (TPSA) is 145 Å². The Kier molecular flexibility index (Phi) is 6.32. The van der Waals surface area contributed by atoms with Gasteiger partial charge in [0.05, 0.1) is 11.9 Å². The minimum absolute atomic E-state index is 0.0299. The molecule has 0 aliphatic carbocycles. The SMILES string of the molecule is CC[C@@H]1CC(O)=C(C2=NS(=O)(=O)c3cc(NS(C)(=O)=O)ccc3N2)C(=O)N1Cc1ccc(F)cc1. The van der Waals surface area contributed by atoms with Crippen molar-refractivity contribution in [3.63, 3.8) is 0 Å². The number of halogens is 1. The summed E-state index contributed by atoms with van der Waals surface area (Å²) in [5, 5.41) is 13.5. The number of nitrogens with zero attached hydrogens (tertiary/aromatic N) is 2. The number of carbonyl (C=O) groups is 1. The highest BCUT2D eigenvalue weighted by atomic mass is 32.2. The molecule has 186 valence electrons. The molecule has 3 N–H and O–H groups in total. The molecular formula is C22H23FN4O6S2. The minimum Gasteiger partial charge on any atom is -0.511 e. The monoisotopic (exact) mass is 522 g/mol. The highest BCUT2D eigenvalue weighted by Crippen LogP contribution is 2.34. The van der Waals surface area contributed by atoms with Crippen molar-refractivity contribution in [3.05, 3.63) is 65.2 Å². The molecule has 13 heteroatoms. The number of fused-ring (bicyclic) bond motifs is 1. The highest BCUT2D eigenvalue weighted by Gasteiger charge is 2.39. The maximum absolute atomic E-state index is 13.5. The molecule has 0 unspecified atom stereocenters. The van der Waals surface area contributed by atoms with E-state index in [4.69, 9.17) is 0 Å². The summed E-state index contributed by atoms with van der Waals surface area (Å²) in [4.78, 5) is 14.7. The second kappa shape index (κ2) is 8.96. The van der Waals surface area contributed by atoms with E-state index in [9.17, 15) is 31.1 Å². The number of sulfonamides is 2. The van der Waals surface area contributed by atoms with Gasteiger partial charge in [0.1, 0.15) is 22.0 Å². The highest BCUT2D eigenvalue weighted by molar-refractivity contribution is 7.92. The molecule has 0 aromatic heterocycles. The lowest BCUT2D eigenvalue weighted by atomic mass is 9.96. The Morgan fingerprint density at radius 2 is 1.91 bits per heavy atom. The lowest BCUT2D eigenvalue weighted by Gasteiger charge is -2.36. The number of rotatable bonds is 6. The third kappa shape index (κ3) is 5.15. The second-order valence-electron chi connectivity index (χ2n) is 8.27. The third-order valence-corrected chi connectivity index (χ3v) is 7.56. The third-order valence-electron chi connectivity index (χ3n) is 5.63. The Labute approximate surface area is 202 Å². The average Bonchev–Trinajstić information content (AvgIpc) is 2.76. The van der Waals surface area contributed by atoms with E-state index in [-0.39, 0.29) is 52.4 Å². The summed E-state index contributed by atoms with van der Waals surface area (Å²) >= 11 is 0. The van der Waals surface area contributed by atoms with Gasteiger partial charge in [-0.25, -0.2) is 12.8 Å². The molecule has 2 aromatic rings. The molecular weight excluding hydrogens is 499 g/mol. The number of carbonyl (C=O) groups excluding carboxylic acids is 1. The normalized spacial score (nSPS) is 19.6. The van der Waals surface area contributed by atoms with Crippen LogP contribution in [-0.4, -0.2) is 50.9 Å². The molecule has 4 rings (SSSR count). The Hall–Kier alpha value is -3.45. The van der Waals surface area contributed by atoms with Gasteiger partial charge in [0.2, 0.25) is 10.0 Å². The van der Waals surface area contributed by atoms with Gasteiger partial charge in [-0.05, 0) is 42.3 Å². The van der Waals surface area contributed by atoms with Crippen molar-refractivity contribution in [2.45, 2.75) is 37.2 Å². The Morgan fingerprint density at radius 1 is 1.23 bits per heavy atom. The van der Waals surface area contributed by atoms with Crippen LogP contribution in [0.3, 0.4) is 0 Å².